The lowest BCUT2D eigenvalue weighted by Crippen LogP contribution is -2.21. The molecule has 4 rings (SSSR count). The minimum atomic E-state index is -0.261. The first-order valence-corrected chi connectivity index (χ1v) is 8.43. The Balaban J connectivity index is 1.67. The second-order valence-corrected chi connectivity index (χ2v) is 6.97. The van der Waals surface area contributed by atoms with Gasteiger partial charge in [0.2, 0.25) is 0 Å². The molecule has 0 unspecified atom stereocenters. The average molecular weight is 329 g/mol. The van der Waals surface area contributed by atoms with E-state index in [4.69, 9.17) is 0 Å². The molecule has 1 N–H and O–H groups in total. The van der Waals surface area contributed by atoms with Gasteiger partial charge in [0.05, 0.1) is 11.9 Å². The van der Waals surface area contributed by atoms with Gasteiger partial charge in [0.25, 0.3) is 5.56 Å². The lowest BCUT2D eigenvalue weighted by Gasteiger charge is -2.18. The summed E-state index contributed by atoms with van der Waals surface area (Å²) in [5.41, 5.74) is 2.02. The molecule has 118 valence electrons. The quantitative estimate of drug-likeness (QED) is 0.802. The van der Waals surface area contributed by atoms with Crippen LogP contribution in [0.2, 0.25) is 0 Å². The number of aryl methyl sites for hydroxylation is 2. The fourth-order valence-electron chi connectivity index (χ4n) is 3.13. The van der Waals surface area contributed by atoms with Crippen LogP contribution < -0.4 is 10.5 Å². The Morgan fingerprint density at radius 3 is 2.87 bits per heavy atom. The van der Waals surface area contributed by atoms with Crippen molar-refractivity contribution in [2.45, 2.75) is 25.8 Å². The number of hydrogen-bond acceptors (Lipinski definition) is 4. The van der Waals surface area contributed by atoms with Crippen LogP contribution >= 0.6 is 11.3 Å². The molecule has 23 heavy (non-hydrogen) atoms. The maximum atomic E-state index is 13.0. The van der Waals surface area contributed by atoms with E-state index in [1.165, 1.54) is 22.6 Å². The zero-order chi connectivity index (χ0) is 16.0. The molecule has 2 aromatic heterocycles. The normalized spacial score (nSPS) is 13.5. The largest absolute Gasteiger partial charge is 0.367 e. The third kappa shape index (κ3) is 2.53. The first kappa shape index (κ1) is 14.4. The number of thiophene rings is 1. The van der Waals surface area contributed by atoms with Crippen LogP contribution in [0.3, 0.4) is 0 Å². The van der Waals surface area contributed by atoms with Crippen molar-refractivity contribution in [3.05, 3.63) is 56.7 Å². The number of aromatic amines is 1. The van der Waals surface area contributed by atoms with Crippen LogP contribution in [-0.4, -0.2) is 17.0 Å². The summed E-state index contributed by atoms with van der Waals surface area (Å²) < 4.78 is 13.0. The van der Waals surface area contributed by atoms with Crippen molar-refractivity contribution in [1.82, 2.24) is 9.97 Å². The van der Waals surface area contributed by atoms with Gasteiger partial charge in [-0.3, -0.25) is 4.79 Å². The molecule has 3 aromatic rings. The SMILES string of the molecule is CN(Cc1nc2sc3c(c2c(=O)[nH]1)CCC3)c1ccc(F)cc1. The summed E-state index contributed by atoms with van der Waals surface area (Å²) in [7, 11) is 1.89. The van der Waals surface area contributed by atoms with Gasteiger partial charge in [-0.1, -0.05) is 0 Å². The van der Waals surface area contributed by atoms with Crippen LogP contribution in [0.15, 0.2) is 29.1 Å². The van der Waals surface area contributed by atoms with Crippen molar-refractivity contribution in [2.24, 2.45) is 0 Å². The Hall–Kier alpha value is -2.21. The molecule has 0 saturated heterocycles. The lowest BCUT2D eigenvalue weighted by atomic mass is 10.2. The number of rotatable bonds is 3. The first-order chi connectivity index (χ1) is 11.1. The van der Waals surface area contributed by atoms with Gasteiger partial charge in [-0.15, -0.1) is 11.3 Å². The Kier molecular flexibility index (Phi) is 3.41. The van der Waals surface area contributed by atoms with Crippen molar-refractivity contribution in [1.29, 1.82) is 0 Å². The zero-order valence-electron chi connectivity index (χ0n) is 12.7. The highest BCUT2D eigenvalue weighted by atomic mass is 32.1. The number of hydrogen-bond donors (Lipinski definition) is 1. The van der Waals surface area contributed by atoms with E-state index in [-0.39, 0.29) is 11.4 Å². The summed E-state index contributed by atoms with van der Waals surface area (Å²) in [6.45, 7) is 0.472. The molecule has 1 aliphatic rings. The molecule has 0 spiro atoms. The van der Waals surface area contributed by atoms with E-state index in [0.29, 0.717) is 12.4 Å². The van der Waals surface area contributed by atoms with Gasteiger partial charge in [-0.2, -0.15) is 0 Å². The molecule has 0 fully saturated rings. The van der Waals surface area contributed by atoms with E-state index in [2.05, 4.69) is 9.97 Å². The second-order valence-electron chi connectivity index (χ2n) is 5.88. The number of anilines is 1. The lowest BCUT2D eigenvalue weighted by molar-refractivity contribution is 0.627. The topological polar surface area (TPSA) is 49.0 Å². The van der Waals surface area contributed by atoms with Crippen molar-refractivity contribution >= 4 is 27.2 Å². The maximum absolute atomic E-state index is 13.0. The number of aromatic nitrogens is 2. The van der Waals surface area contributed by atoms with Crippen molar-refractivity contribution in [3.8, 4) is 0 Å². The number of benzene rings is 1. The van der Waals surface area contributed by atoms with E-state index in [0.717, 1.165) is 35.2 Å². The zero-order valence-corrected chi connectivity index (χ0v) is 13.5. The molecule has 1 aromatic carbocycles. The van der Waals surface area contributed by atoms with Gasteiger partial charge < -0.3 is 9.88 Å². The molecular formula is C17H16FN3OS. The second kappa shape index (κ2) is 5.45. The van der Waals surface area contributed by atoms with Crippen LogP contribution in [0.4, 0.5) is 10.1 Å². The number of fused-ring (bicyclic) bond motifs is 3. The minimum Gasteiger partial charge on any atom is -0.367 e. The molecule has 1 aliphatic carbocycles. The summed E-state index contributed by atoms with van der Waals surface area (Å²) in [4.78, 5) is 24.0. The standard InChI is InChI=1S/C17H16FN3OS/c1-21(11-7-5-10(18)6-8-11)9-14-19-16(22)15-12-3-2-4-13(12)23-17(15)20-14/h5-8H,2-4,9H2,1H3,(H,19,20,22). The number of halogens is 1. The third-order valence-electron chi connectivity index (χ3n) is 4.28. The Bertz CT molecular complexity index is 929. The fourth-order valence-corrected chi connectivity index (χ4v) is 4.41. The predicted octanol–water partition coefficient (Wildman–Crippen LogP) is 3.25. The van der Waals surface area contributed by atoms with E-state index >= 15 is 0 Å². The highest BCUT2D eigenvalue weighted by Crippen LogP contribution is 2.34. The molecule has 0 bridgehead atoms. The van der Waals surface area contributed by atoms with Gasteiger partial charge in [-0.05, 0) is 49.1 Å². The Labute approximate surface area is 136 Å². The third-order valence-corrected chi connectivity index (χ3v) is 5.46. The number of nitrogens with one attached hydrogen (secondary N) is 1. The van der Waals surface area contributed by atoms with Crippen LogP contribution in [0.1, 0.15) is 22.7 Å². The molecular weight excluding hydrogens is 313 g/mol. The highest BCUT2D eigenvalue weighted by molar-refractivity contribution is 7.18. The van der Waals surface area contributed by atoms with E-state index in [9.17, 15) is 9.18 Å². The molecule has 0 aliphatic heterocycles. The van der Waals surface area contributed by atoms with Crippen molar-refractivity contribution in [2.75, 3.05) is 11.9 Å². The summed E-state index contributed by atoms with van der Waals surface area (Å²) in [6.07, 6.45) is 3.17. The van der Waals surface area contributed by atoms with Crippen LogP contribution in [0.25, 0.3) is 10.2 Å². The maximum Gasteiger partial charge on any atom is 0.259 e. The van der Waals surface area contributed by atoms with Crippen LogP contribution in [0, 0.1) is 5.82 Å². The molecule has 0 atom stereocenters. The summed E-state index contributed by atoms with van der Waals surface area (Å²) in [5, 5.41) is 0.774. The smallest absolute Gasteiger partial charge is 0.259 e. The van der Waals surface area contributed by atoms with Gasteiger partial charge in [-0.25, -0.2) is 9.37 Å². The van der Waals surface area contributed by atoms with Crippen molar-refractivity contribution < 1.29 is 4.39 Å². The molecule has 2 heterocycles. The van der Waals surface area contributed by atoms with Gasteiger partial charge in [0.15, 0.2) is 0 Å². The van der Waals surface area contributed by atoms with Crippen molar-refractivity contribution in [3.63, 3.8) is 0 Å². The summed E-state index contributed by atoms with van der Waals surface area (Å²) in [6, 6.07) is 6.28. The average Bonchev–Trinajstić information content (AvgIpc) is 3.07. The van der Waals surface area contributed by atoms with Gasteiger partial charge >= 0.3 is 0 Å². The monoisotopic (exact) mass is 329 g/mol. The van der Waals surface area contributed by atoms with Gasteiger partial charge in [0, 0.05) is 17.6 Å². The molecule has 0 saturated carbocycles. The molecule has 4 nitrogen and oxygen atoms in total. The van der Waals surface area contributed by atoms with E-state index in [1.807, 2.05) is 11.9 Å². The first-order valence-electron chi connectivity index (χ1n) is 7.62. The number of nitrogens with zero attached hydrogens (tertiary/aromatic N) is 2. The fraction of sp³-hybridized carbons (Fsp3) is 0.294. The number of H-pyrrole nitrogens is 1. The van der Waals surface area contributed by atoms with E-state index < -0.39 is 0 Å². The minimum absolute atomic E-state index is 0.0445. The Morgan fingerprint density at radius 1 is 1.30 bits per heavy atom. The summed E-state index contributed by atoms with van der Waals surface area (Å²) in [5.74, 6) is 0.373. The molecule has 0 radical (unpaired) electrons. The summed E-state index contributed by atoms with van der Waals surface area (Å²) >= 11 is 1.64. The van der Waals surface area contributed by atoms with Crippen LogP contribution in [-0.2, 0) is 19.4 Å². The molecule has 0 amide bonds. The molecule has 6 heteroatoms. The predicted molar refractivity (Wildman–Crippen MR) is 90.8 cm³/mol. The van der Waals surface area contributed by atoms with E-state index in [1.54, 1.807) is 23.5 Å². The van der Waals surface area contributed by atoms with Crippen LogP contribution in [0.5, 0.6) is 0 Å². The Morgan fingerprint density at radius 2 is 2.09 bits per heavy atom. The highest BCUT2D eigenvalue weighted by Gasteiger charge is 2.21. The van der Waals surface area contributed by atoms with Gasteiger partial charge in [0.1, 0.15) is 16.5 Å².